The molecule has 2 aromatic rings. The average molecular weight is 373 g/mol. The van der Waals surface area contributed by atoms with E-state index in [-0.39, 0.29) is 6.54 Å². The van der Waals surface area contributed by atoms with E-state index in [0.717, 1.165) is 5.56 Å². The monoisotopic (exact) mass is 373 g/mol. The summed E-state index contributed by atoms with van der Waals surface area (Å²) < 4.78 is 20.9. The molecular weight excluding hydrogens is 350 g/mol. The van der Waals surface area contributed by atoms with Crippen LogP contribution in [-0.4, -0.2) is 31.7 Å². The molecule has 144 valence electrons. The summed E-state index contributed by atoms with van der Waals surface area (Å²) in [4.78, 5) is 23.9. The van der Waals surface area contributed by atoms with Gasteiger partial charge in [0.15, 0.2) is 17.6 Å². The molecule has 7 heteroatoms. The zero-order valence-corrected chi connectivity index (χ0v) is 15.6. The molecule has 0 fully saturated rings. The maximum absolute atomic E-state index is 11.9. The molecule has 0 saturated carbocycles. The van der Waals surface area contributed by atoms with E-state index in [1.807, 2.05) is 6.92 Å². The number of benzene rings is 1. The summed E-state index contributed by atoms with van der Waals surface area (Å²) in [5.74, 6) is 0.783. The van der Waals surface area contributed by atoms with Crippen molar-refractivity contribution in [2.24, 2.45) is 0 Å². The van der Waals surface area contributed by atoms with Crippen LogP contribution in [0.2, 0.25) is 0 Å². The summed E-state index contributed by atoms with van der Waals surface area (Å²) >= 11 is 0. The smallest absolute Gasteiger partial charge is 0.331 e. The van der Waals surface area contributed by atoms with Crippen molar-refractivity contribution in [2.45, 2.75) is 26.5 Å². The lowest BCUT2D eigenvalue weighted by Gasteiger charge is -2.11. The van der Waals surface area contributed by atoms with Gasteiger partial charge in [-0.05, 0) is 49.8 Å². The van der Waals surface area contributed by atoms with Crippen molar-refractivity contribution >= 4 is 18.0 Å². The van der Waals surface area contributed by atoms with Crippen LogP contribution in [0.1, 0.15) is 25.2 Å². The lowest BCUT2D eigenvalue weighted by Crippen LogP contribution is -2.35. The van der Waals surface area contributed by atoms with E-state index in [2.05, 4.69) is 5.32 Å². The molecule has 0 spiro atoms. The van der Waals surface area contributed by atoms with Gasteiger partial charge in [-0.2, -0.15) is 0 Å². The van der Waals surface area contributed by atoms with Crippen molar-refractivity contribution in [3.8, 4) is 11.5 Å². The van der Waals surface area contributed by atoms with E-state index in [1.54, 1.807) is 43.5 Å². The summed E-state index contributed by atoms with van der Waals surface area (Å²) in [5, 5.41) is 2.63. The molecule has 1 aromatic heterocycles. The van der Waals surface area contributed by atoms with Gasteiger partial charge in [0.25, 0.3) is 5.91 Å². The standard InChI is InChI=1S/C20H23NO6/c1-4-25-17-9-7-15(12-18(17)24-3)8-10-19(22)27-14(2)20(23)21-13-16-6-5-11-26-16/h5-12,14H,4,13H2,1-3H3,(H,21,23)/b10-8+/t14-/m1/s1. The fraction of sp³-hybridized carbons (Fsp3) is 0.300. The Bertz CT molecular complexity index is 782. The Morgan fingerprint density at radius 1 is 1.26 bits per heavy atom. The fourth-order valence-corrected chi connectivity index (χ4v) is 2.23. The van der Waals surface area contributed by atoms with Crippen LogP contribution in [0.5, 0.6) is 11.5 Å². The molecule has 7 nitrogen and oxygen atoms in total. The second-order valence-corrected chi connectivity index (χ2v) is 5.55. The normalized spacial score (nSPS) is 11.8. The summed E-state index contributed by atoms with van der Waals surface area (Å²) in [6.45, 7) is 4.14. The van der Waals surface area contributed by atoms with Crippen molar-refractivity contribution in [3.05, 3.63) is 54.0 Å². The summed E-state index contributed by atoms with van der Waals surface area (Å²) in [7, 11) is 1.54. The minimum absolute atomic E-state index is 0.232. The van der Waals surface area contributed by atoms with Gasteiger partial charge in [-0.15, -0.1) is 0 Å². The Hall–Kier alpha value is -3.22. The highest BCUT2D eigenvalue weighted by Gasteiger charge is 2.16. The molecule has 2 rings (SSSR count). The fourth-order valence-electron chi connectivity index (χ4n) is 2.23. The molecule has 0 bridgehead atoms. The molecule has 1 heterocycles. The summed E-state index contributed by atoms with van der Waals surface area (Å²) in [6, 6.07) is 8.76. The topological polar surface area (TPSA) is 87.0 Å². The second-order valence-electron chi connectivity index (χ2n) is 5.55. The zero-order chi connectivity index (χ0) is 19.6. The Morgan fingerprint density at radius 2 is 2.07 bits per heavy atom. The molecule has 0 radical (unpaired) electrons. The Kier molecular flexibility index (Phi) is 7.49. The van der Waals surface area contributed by atoms with Crippen molar-refractivity contribution < 1.29 is 28.2 Å². The molecule has 1 amide bonds. The van der Waals surface area contributed by atoms with Gasteiger partial charge >= 0.3 is 5.97 Å². The molecule has 27 heavy (non-hydrogen) atoms. The van der Waals surface area contributed by atoms with Gasteiger partial charge in [0.05, 0.1) is 26.5 Å². The number of carbonyl (C=O) groups excluding carboxylic acids is 2. The van der Waals surface area contributed by atoms with Gasteiger partial charge in [0, 0.05) is 6.08 Å². The van der Waals surface area contributed by atoms with E-state index in [1.165, 1.54) is 19.3 Å². The molecule has 0 saturated heterocycles. The van der Waals surface area contributed by atoms with Gasteiger partial charge in [-0.25, -0.2) is 4.79 Å². The van der Waals surface area contributed by atoms with E-state index < -0.39 is 18.0 Å². The quantitative estimate of drug-likeness (QED) is 0.537. The largest absolute Gasteiger partial charge is 0.493 e. The van der Waals surface area contributed by atoms with Gasteiger partial charge in [0.1, 0.15) is 5.76 Å². The highest BCUT2D eigenvalue weighted by atomic mass is 16.5. The van der Waals surface area contributed by atoms with Gasteiger partial charge in [0.2, 0.25) is 0 Å². The van der Waals surface area contributed by atoms with Crippen LogP contribution in [-0.2, 0) is 20.9 Å². The minimum atomic E-state index is -0.924. The number of hydrogen-bond donors (Lipinski definition) is 1. The highest BCUT2D eigenvalue weighted by molar-refractivity contribution is 5.90. The molecule has 0 aliphatic carbocycles. The van der Waals surface area contributed by atoms with Crippen LogP contribution in [0, 0.1) is 0 Å². The first-order valence-corrected chi connectivity index (χ1v) is 8.53. The van der Waals surface area contributed by atoms with E-state index >= 15 is 0 Å². The minimum Gasteiger partial charge on any atom is -0.493 e. The molecule has 0 aliphatic heterocycles. The van der Waals surface area contributed by atoms with Crippen LogP contribution in [0.25, 0.3) is 6.08 Å². The first kappa shape index (κ1) is 20.1. The third kappa shape index (κ3) is 6.22. The lowest BCUT2D eigenvalue weighted by molar-refractivity contribution is -0.150. The number of nitrogens with one attached hydrogen (secondary N) is 1. The number of esters is 1. The third-order valence-corrected chi connectivity index (χ3v) is 3.58. The summed E-state index contributed by atoms with van der Waals surface area (Å²) in [5.41, 5.74) is 0.738. The van der Waals surface area contributed by atoms with E-state index in [0.29, 0.717) is 23.9 Å². The summed E-state index contributed by atoms with van der Waals surface area (Å²) in [6.07, 6.45) is 3.43. The predicted molar refractivity (Wildman–Crippen MR) is 99.3 cm³/mol. The Labute approximate surface area is 157 Å². The SMILES string of the molecule is CCOc1ccc(/C=C/C(=O)O[C@H](C)C(=O)NCc2ccco2)cc1OC. The second kappa shape index (κ2) is 10.1. The number of methoxy groups -OCH3 is 1. The molecule has 0 aliphatic rings. The van der Waals surface area contributed by atoms with Gasteiger partial charge in [-0.1, -0.05) is 6.07 Å². The van der Waals surface area contributed by atoms with Crippen LogP contribution >= 0.6 is 0 Å². The van der Waals surface area contributed by atoms with Crippen LogP contribution in [0.15, 0.2) is 47.1 Å². The van der Waals surface area contributed by atoms with Crippen molar-refractivity contribution in [1.29, 1.82) is 0 Å². The third-order valence-electron chi connectivity index (χ3n) is 3.58. The van der Waals surface area contributed by atoms with Crippen molar-refractivity contribution in [2.75, 3.05) is 13.7 Å². The van der Waals surface area contributed by atoms with E-state index in [9.17, 15) is 9.59 Å². The molecule has 1 atom stereocenters. The van der Waals surface area contributed by atoms with Crippen molar-refractivity contribution in [1.82, 2.24) is 5.32 Å². The number of rotatable bonds is 9. The molecular formula is C20H23NO6. The Balaban J connectivity index is 1.87. The highest BCUT2D eigenvalue weighted by Crippen LogP contribution is 2.28. The first-order valence-electron chi connectivity index (χ1n) is 8.53. The number of carbonyl (C=O) groups is 2. The van der Waals surface area contributed by atoms with Gasteiger partial charge in [-0.3, -0.25) is 4.79 Å². The van der Waals surface area contributed by atoms with Gasteiger partial charge < -0.3 is 23.9 Å². The predicted octanol–water partition coefficient (Wildman–Crippen LogP) is 2.95. The number of hydrogen-bond acceptors (Lipinski definition) is 6. The number of ether oxygens (including phenoxy) is 3. The molecule has 0 unspecified atom stereocenters. The van der Waals surface area contributed by atoms with E-state index in [4.69, 9.17) is 18.6 Å². The Morgan fingerprint density at radius 3 is 2.74 bits per heavy atom. The molecule has 1 aromatic carbocycles. The number of amides is 1. The molecule has 1 N–H and O–H groups in total. The number of furan rings is 1. The first-order chi connectivity index (χ1) is 13.0. The maximum Gasteiger partial charge on any atom is 0.331 e. The van der Waals surface area contributed by atoms with Crippen LogP contribution in [0.4, 0.5) is 0 Å². The maximum atomic E-state index is 11.9. The van der Waals surface area contributed by atoms with Crippen molar-refractivity contribution in [3.63, 3.8) is 0 Å². The zero-order valence-electron chi connectivity index (χ0n) is 15.6. The van der Waals surface area contributed by atoms with Crippen LogP contribution < -0.4 is 14.8 Å². The average Bonchev–Trinajstić information content (AvgIpc) is 3.19. The van der Waals surface area contributed by atoms with Crippen LogP contribution in [0.3, 0.4) is 0 Å². The lowest BCUT2D eigenvalue weighted by atomic mass is 10.2.